The van der Waals surface area contributed by atoms with Crippen LogP contribution in [0.5, 0.6) is 0 Å². The smallest absolute Gasteiger partial charge is 0.237 e. The number of sulfonamides is 1. The van der Waals surface area contributed by atoms with Gasteiger partial charge in [0.15, 0.2) is 0 Å². The lowest BCUT2D eigenvalue weighted by atomic mass is 10.3. The molecule has 2 atom stereocenters. The first-order valence-corrected chi connectivity index (χ1v) is 6.11. The minimum Gasteiger partial charge on any atom is -0.274 e. The molecule has 0 aromatic heterocycles. The van der Waals surface area contributed by atoms with Gasteiger partial charge in [-0.3, -0.25) is 9.52 Å². The Morgan fingerprint density at radius 2 is 1.92 bits per heavy atom. The maximum absolute atomic E-state index is 11.3. The number of carbonyl (C=O) groups is 1. The number of carbonyl (C=O) groups excluding carboxylic acids is 1. The van der Waals surface area contributed by atoms with Crippen molar-refractivity contribution in [2.75, 3.05) is 0 Å². The number of nitrogens with one attached hydrogen (secondary N) is 1. The van der Waals surface area contributed by atoms with Crippen molar-refractivity contribution in [3.05, 3.63) is 0 Å². The van der Waals surface area contributed by atoms with Gasteiger partial charge in [0.05, 0.1) is 5.25 Å². The Morgan fingerprint density at radius 1 is 1.38 bits per heavy atom. The van der Waals surface area contributed by atoms with Crippen LogP contribution in [0.2, 0.25) is 0 Å². The van der Waals surface area contributed by atoms with Crippen LogP contribution in [0.25, 0.3) is 0 Å². The van der Waals surface area contributed by atoms with E-state index in [0.29, 0.717) is 18.8 Å². The summed E-state index contributed by atoms with van der Waals surface area (Å²) in [7, 11) is -3.31. The maximum Gasteiger partial charge on any atom is 0.237 e. The summed E-state index contributed by atoms with van der Waals surface area (Å²) in [4.78, 5) is 11.3. The molecule has 4 nitrogen and oxygen atoms in total. The highest BCUT2D eigenvalue weighted by atomic mass is 32.2. The van der Waals surface area contributed by atoms with Crippen LogP contribution in [0.3, 0.4) is 0 Å². The summed E-state index contributed by atoms with van der Waals surface area (Å²) in [6.07, 6.45) is 2.22. The zero-order valence-electron chi connectivity index (χ0n) is 7.49. The van der Waals surface area contributed by atoms with Crippen molar-refractivity contribution in [2.45, 2.75) is 31.4 Å². The van der Waals surface area contributed by atoms with Crippen molar-refractivity contribution in [2.24, 2.45) is 11.8 Å². The first kappa shape index (κ1) is 8.99. The molecular formula is C8H13NO3S. The quantitative estimate of drug-likeness (QED) is 0.715. The Hall–Kier alpha value is -0.580. The molecule has 1 N–H and O–H groups in total. The molecule has 2 aliphatic carbocycles. The van der Waals surface area contributed by atoms with Crippen molar-refractivity contribution < 1.29 is 13.2 Å². The SMILES string of the molecule is C[C@@H]1C[C@@H]1C(=O)NS(=O)(=O)C1CC1. The average Bonchev–Trinajstić information content (AvgIpc) is 2.77. The predicted molar refractivity (Wildman–Crippen MR) is 47.4 cm³/mol. The molecule has 1 amide bonds. The second kappa shape index (κ2) is 2.70. The molecule has 0 aromatic carbocycles. The van der Waals surface area contributed by atoms with Crippen molar-refractivity contribution in [1.29, 1.82) is 0 Å². The van der Waals surface area contributed by atoms with Crippen molar-refractivity contribution >= 4 is 15.9 Å². The van der Waals surface area contributed by atoms with Gasteiger partial charge in [0, 0.05) is 5.92 Å². The Kier molecular flexibility index (Phi) is 1.87. The van der Waals surface area contributed by atoms with Gasteiger partial charge >= 0.3 is 0 Å². The summed E-state index contributed by atoms with van der Waals surface area (Å²) in [5, 5.41) is -0.300. The summed E-state index contributed by atoms with van der Waals surface area (Å²) < 4.78 is 24.8. The summed E-state index contributed by atoms with van der Waals surface area (Å²) in [6, 6.07) is 0. The molecule has 5 heteroatoms. The number of amides is 1. The third kappa shape index (κ3) is 1.85. The van der Waals surface area contributed by atoms with Crippen LogP contribution in [0.1, 0.15) is 26.2 Å². The lowest BCUT2D eigenvalue weighted by molar-refractivity contribution is -0.120. The zero-order valence-corrected chi connectivity index (χ0v) is 8.30. The summed E-state index contributed by atoms with van der Waals surface area (Å²) in [5.74, 6) is -0.0117. The lowest BCUT2D eigenvalue weighted by Gasteiger charge is -2.03. The molecule has 2 fully saturated rings. The van der Waals surface area contributed by atoms with Crippen LogP contribution in [-0.4, -0.2) is 19.6 Å². The molecule has 0 radical (unpaired) electrons. The first-order valence-electron chi connectivity index (χ1n) is 4.56. The molecule has 2 aliphatic rings. The molecule has 0 spiro atoms. The second-order valence-corrected chi connectivity index (χ2v) is 5.99. The molecular weight excluding hydrogens is 190 g/mol. The Balaban J connectivity index is 1.93. The van der Waals surface area contributed by atoms with Crippen LogP contribution >= 0.6 is 0 Å². The van der Waals surface area contributed by atoms with Gasteiger partial charge in [0.25, 0.3) is 0 Å². The summed E-state index contributed by atoms with van der Waals surface area (Å²) in [5.41, 5.74) is 0. The Morgan fingerprint density at radius 3 is 2.31 bits per heavy atom. The summed E-state index contributed by atoms with van der Waals surface area (Å²) in [6.45, 7) is 1.95. The van der Waals surface area contributed by atoms with E-state index in [1.165, 1.54) is 0 Å². The van der Waals surface area contributed by atoms with Gasteiger partial charge in [-0.25, -0.2) is 8.42 Å². The topological polar surface area (TPSA) is 63.2 Å². The molecule has 2 rings (SSSR count). The van der Waals surface area contributed by atoms with Crippen LogP contribution in [0, 0.1) is 11.8 Å². The van der Waals surface area contributed by atoms with Gasteiger partial charge in [-0.2, -0.15) is 0 Å². The fraction of sp³-hybridized carbons (Fsp3) is 0.875. The van der Waals surface area contributed by atoms with Gasteiger partial charge in [-0.05, 0) is 25.2 Å². The van der Waals surface area contributed by atoms with E-state index in [2.05, 4.69) is 4.72 Å². The standard InChI is InChI=1S/C8H13NO3S/c1-5-4-7(5)8(10)9-13(11,12)6-2-3-6/h5-7H,2-4H2,1H3,(H,9,10)/t5-,7+/m1/s1. The number of hydrogen-bond acceptors (Lipinski definition) is 3. The van der Waals surface area contributed by atoms with E-state index in [1.807, 2.05) is 6.92 Å². The molecule has 0 aromatic rings. The maximum atomic E-state index is 11.3. The van der Waals surface area contributed by atoms with Gasteiger partial charge in [-0.1, -0.05) is 6.92 Å². The van der Waals surface area contributed by atoms with Crippen LogP contribution in [-0.2, 0) is 14.8 Å². The molecule has 0 heterocycles. The highest BCUT2D eigenvalue weighted by Gasteiger charge is 2.43. The first-order chi connectivity index (χ1) is 6.00. The van der Waals surface area contributed by atoms with Crippen LogP contribution in [0.15, 0.2) is 0 Å². The third-order valence-electron chi connectivity index (χ3n) is 2.65. The summed E-state index contributed by atoms with van der Waals surface area (Å²) >= 11 is 0. The number of rotatable bonds is 3. The minimum atomic E-state index is -3.31. The van der Waals surface area contributed by atoms with E-state index in [4.69, 9.17) is 0 Å². The van der Waals surface area contributed by atoms with Crippen LogP contribution in [0.4, 0.5) is 0 Å². The third-order valence-corrected chi connectivity index (χ3v) is 4.49. The van der Waals surface area contributed by atoms with Crippen molar-refractivity contribution in [1.82, 2.24) is 4.72 Å². The van der Waals surface area contributed by atoms with Gasteiger partial charge in [0.2, 0.25) is 15.9 Å². The molecule has 13 heavy (non-hydrogen) atoms. The molecule has 0 bridgehead atoms. The second-order valence-electron chi connectivity index (χ2n) is 4.03. The average molecular weight is 203 g/mol. The van der Waals surface area contributed by atoms with E-state index in [-0.39, 0.29) is 17.1 Å². The van der Waals surface area contributed by atoms with E-state index >= 15 is 0 Å². The largest absolute Gasteiger partial charge is 0.274 e. The highest BCUT2D eigenvalue weighted by Crippen LogP contribution is 2.38. The van der Waals surface area contributed by atoms with Gasteiger partial charge in [0.1, 0.15) is 0 Å². The van der Waals surface area contributed by atoms with Gasteiger partial charge in [-0.15, -0.1) is 0 Å². The fourth-order valence-electron chi connectivity index (χ4n) is 1.36. The minimum absolute atomic E-state index is 0.0616. The molecule has 0 aliphatic heterocycles. The Labute approximate surface area is 77.8 Å². The van der Waals surface area contributed by atoms with E-state index in [1.54, 1.807) is 0 Å². The van der Waals surface area contributed by atoms with E-state index in [0.717, 1.165) is 6.42 Å². The highest BCUT2D eigenvalue weighted by molar-refractivity contribution is 7.90. The predicted octanol–water partition coefficient (Wildman–Crippen LogP) is 0.251. The molecule has 0 unspecified atom stereocenters. The van der Waals surface area contributed by atoms with E-state index < -0.39 is 10.0 Å². The van der Waals surface area contributed by atoms with Crippen molar-refractivity contribution in [3.8, 4) is 0 Å². The van der Waals surface area contributed by atoms with Gasteiger partial charge < -0.3 is 0 Å². The molecule has 0 saturated heterocycles. The lowest BCUT2D eigenvalue weighted by Crippen LogP contribution is -2.34. The van der Waals surface area contributed by atoms with E-state index in [9.17, 15) is 13.2 Å². The number of hydrogen-bond donors (Lipinski definition) is 1. The van der Waals surface area contributed by atoms with Crippen LogP contribution < -0.4 is 4.72 Å². The monoisotopic (exact) mass is 203 g/mol. The fourth-order valence-corrected chi connectivity index (χ4v) is 2.72. The van der Waals surface area contributed by atoms with Crippen molar-refractivity contribution in [3.63, 3.8) is 0 Å². The zero-order chi connectivity index (χ0) is 9.64. The normalized spacial score (nSPS) is 32.7. The molecule has 2 saturated carbocycles. The molecule has 74 valence electrons. The Bertz CT molecular complexity index is 331.